The molecule has 0 atom stereocenters. The minimum atomic E-state index is 1.47. The van der Waals surface area contributed by atoms with Crippen LogP contribution < -0.4 is 4.83 Å². The van der Waals surface area contributed by atoms with Gasteiger partial charge in [-0.15, -0.1) is 0 Å². The van der Waals surface area contributed by atoms with Gasteiger partial charge < -0.3 is 0 Å². The first-order chi connectivity index (χ1) is 6.00. The van der Waals surface area contributed by atoms with Crippen molar-refractivity contribution >= 4 is 18.2 Å². The minimum Gasteiger partial charge on any atom is -0.248 e. The molecular weight excluding hydrogens is 168 g/mol. The molecule has 0 unspecified atom stereocenters. The van der Waals surface area contributed by atoms with Gasteiger partial charge in [0, 0.05) is 6.21 Å². The van der Waals surface area contributed by atoms with Crippen molar-refractivity contribution in [3.8, 4) is 0 Å². The lowest BCUT2D eigenvalue weighted by molar-refractivity contribution is 0.504. The van der Waals surface area contributed by atoms with Crippen LogP contribution in [-0.2, 0) is 0 Å². The number of hydrogen-bond acceptors (Lipinski definition) is 3. The molecule has 0 aromatic rings. The summed E-state index contributed by atoms with van der Waals surface area (Å²) in [5.41, 5.74) is 0. The summed E-state index contributed by atoms with van der Waals surface area (Å²) in [4.78, 5) is 2.68. The number of nitrogens with zero attached hydrogens (tertiary/aromatic N) is 1. The van der Waals surface area contributed by atoms with Crippen molar-refractivity contribution < 1.29 is 0 Å². The molecular formula is C9H16N2S. The van der Waals surface area contributed by atoms with Crippen LogP contribution in [0.1, 0.15) is 38.5 Å². The lowest BCUT2D eigenvalue weighted by Crippen LogP contribution is -1.91. The van der Waals surface area contributed by atoms with Crippen LogP contribution in [-0.4, -0.2) is 6.21 Å². The molecule has 3 heteroatoms. The molecule has 2 rings (SSSR count). The van der Waals surface area contributed by atoms with Crippen LogP contribution in [0.2, 0.25) is 0 Å². The van der Waals surface area contributed by atoms with Crippen LogP contribution in [0.15, 0.2) is 16.6 Å². The predicted octanol–water partition coefficient (Wildman–Crippen LogP) is 3.08. The molecule has 2 aliphatic rings. The average molecular weight is 184 g/mol. The van der Waals surface area contributed by atoms with E-state index in [9.17, 15) is 0 Å². The average Bonchev–Trinajstić information content (AvgIpc) is 2.24. The van der Waals surface area contributed by atoms with E-state index in [4.69, 9.17) is 0 Å². The molecule has 0 aromatic carbocycles. The van der Waals surface area contributed by atoms with E-state index < -0.39 is 0 Å². The van der Waals surface area contributed by atoms with Crippen LogP contribution >= 0.6 is 11.9 Å². The van der Waals surface area contributed by atoms with Crippen molar-refractivity contribution in [2.45, 2.75) is 38.5 Å². The topological polar surface area (TPSA) is 24.4 Å². The molecule has 1 fully saturated rings. The van der Waals surface area contributed by atoms with Crippen molar-refractivity contribution in [2.75, 3.05) is 0 Å². The van der Waals surface area contributed by atoms with Crippen molar-refractivity contribution in [2.24, 2.45) is 5.10 Å². The zero-order valence-corrected chi connectivity index (χ0v) is 8.15. The molecule has 0 radical (unpaired) electrons. The van der Waals surface area contributed by atoms with Gasteiger partial charge in [-0.2, -0.15) is 5.10 Å². The van der Waals surface area contributed by atoms with Crippen molar-refractivity contribution in [3.05, 3.63) is 11.5 Å². The lowest BCUT2D eigenvalue weighted by atomic mass is 10.0. The van der Waals surface area contributed by atoms with Crippen LogP contribution in [0.3, 0.4) is 0 Å². The third kappa shape index (κ3) is 5.24. The molecule has 0 amide bonds. The molecule has 0 bridgehead atoms. The van der Waals surface area contributed by atoms with Gasteiger partial charge in [0.1, 0.15) is 0 Å². The van der Waals surface area contributed by atoms with E-state index in [0.717, 1.165) is 0 Å². The molecule has 68 valence electrons. The zero-order valence-electron chi connectivity index (χ0n) is 7.33. The lowest BCUT2D eigenvalue weighted by Gasteiger charge is -2.05. The fourth-order valence-corrected chi connectivity index (χ4v) is 1.60. The Labute approximate surface area is 78.6 Å². The van der Waals surface area contributed by atoms with E-state index >= 15 is 0 Å². The first-order valence-electron chi connectivity index (χ1n) is 4.59. The predicted molar refractivity (Wildman–Crippen MR) is 56.1 cm³/mol. The summed E-state index contributed by atoms with van der Waals surface area (Å²) in [5.74, 6) is 0. The summed E-state index contributed by atoms with van der Waals surface area (Å²) in [6, 6.07) is 0. The fourth-order valence-electron chi connectivity index (χ4n) is 1.27. The summed E-state index contributed by atoms with van der Waals surface area (Å²) in [6.07, 6.45) is 12.6. The van der Waals surface area contributed by atoms with Crippen LogP contribution in [0.4, 0.5) is 0 Å². The van der Waals surface area contributed by atoms with Crippen molar-refractivity contribution in [3.63, 3.8) is 0 Å². The number of hydrazone groups is 1. The highest BCUT2D eigenvalue weighted by Gasteiger charge is 1.95. The Bertz CT molecular complexity index is 127. The molecule has 0 aromatic heterocycles. The van der Waals surface area contributed by atoms with Gasteiger partial charge in [-0.1, -0.05) is 38.5 Å². The number of rotatable bonds is 0. The smallest absolute Gasteiger partial charge is 0.0484 e. The van der Waals surface area contributed by atoms with Gasteiger partial charge in [0.2, 0.25) is 0 Å². The number of nitrogens with one attached hydrogen (secondary N) is 1. The summed E-state index contributed by atoms with van der Waals surface area (Å²) < 4.78 is 0. The van der Waals surface area contributed by atoms with Crippen molar-refractivity contribution in [1.29, 1.82) is 0 Å². The molecule has 1 aliphatic heterocycles. The van der Waals surface area contributed by atoms with Crippen LogP contribution in [0.25, 0.3) is 0 Å². The largest absolute Gasteiger partial charge is 0.248 e. The van der Waals surface area contributed by atoms with Crippen molar-refractivity contribution in [1.82, 2.24) is 4.83 Å². The van der Waals surface area contributed by atoms with E-state index in [2.05, 4.69) is 9.93 Å². The second-order valence-electron chi connectivity index (χ2n) is 2.94. The molecule has 0 saturated heterocycles. The van der Waals surface area contributed by atoms with E-state index in [0.29, 0.717) is 0 Å². The number of hydrogen-bond donors (Lipinski definition) is 1. The SMILES string of the molecule is C1=CSNN=C1.C1CCCCC1. The summed E-state index contributed by atoms with van der Waals surface area (Å²) in [6.45, 7) is 0. The van der Waals surface area contributed by atoms with Gasteiger partial charge in [0.15, 0.2) is 0 Å². The van der Waals surface area contributed by atoms with Gasteiger partial charge in [-0.25, -0.2) is 4.83 Å². The highest BCUT2D eigenvalue weighted by molar-refractivity contribution is 8.00. The molecule has 1 aliphatic carbocycles. The van der Waals surface area contributed by atoms with E-state index in [1.165, 1.54) is 50.5 Å². The van der Waals surface area contributed by atoms with E-state index in [1.807, 2.05) is 11.5 Å². The van der Waals surface area contributed by atoms with Gasteiger partial charge in [-0.3, -0.25) is 0 Å². The van der Waals surface area contributed by atoms with Gasteiger partial charge in [-0.05, 0) is 23.4 Å². The second-order valence-corrected chi connectivity index (χ2v) is 3.63. The molecule has 1 N–H and O–H groups in total. The monoisotopic (exact) mass is 184 g/mol. The first-order valence-corrected chi connectivity index (χ1v) is 5.47. The molecule has 2 nitrogen and oxygen atoms in total. The maximum absolute atomic E-state index is 3.68. The Morgan fingerprint density at radius 2 is 1.58 bits per heavy atom. The quantitative estimate of drug-likeness (QED) is 0.585. The standard InChI is InChI=1S/C6H12.C3H4N2S/c1-2-4-6-5-3-1;1-2-4-5-6-3-1/h1-6H2;1-3,5H. The second kappa shape index (κ2) is 7.22. The van der Waals surface area contributed by atoms with Gasteiger partial charge >= 0.3 is 0 Å². The summed E-state index contributed by atoms with van der Waals surface area (Å²) in [5, 5.41) is 5.60. The minimum absolute atomic E-state index is 1.47. The van der Waals surface area contributed by atoms with Gasteiger partial charge in [0.25, 0.3) is 0 Å². The Balaban J connectivity index is 0.000000120. The first kappa shape index (κ1) is 9.65. The summed E-state index contributed by atoms with van der Waals surface area (Å²) >= 11 is 1.47. The Kier molecular flexibility index (Phi) is 5.81. The van der Waals surface area contributed by atoms with Crippen LogP contribution in [0.5, 0.6) is 0 Å². The highest BCUT2D eigenvalue weighted by Crippen LogP contribution is 2.15. The zero-order chi connectivity index (χ0) is 8.49. The third-order valence-electron chi connectivity index (χ3n) is 1.91. The fraction of sp³-hybridized carbons (Fsp3) is 0.667. The Morgan fingerprint density at radius 1 is 1.00 bits per heavy atom. The molecule has 0 spiro atoms. The van der Waals surface area contributed by atoms with E-state index in [1.54, 1.807) is 6.21 Å². The molecule has 1 saturated carbocycles. The maximum atomic E-state index is 3.68. The molecule has 1 heterocycles. The Morgan fingerprint density at radius 3 is 1.75 bits per heavy atom. The third-order valence-corrected chi connectivity index (χ3v) is 2.42. The number of allylic oxidation sites excluding steroid dienone is 1. The van der Waals surface area contributed by atoms with E-state index in [-0.39, 0.29) is 0 Å². The van der Waals surface area contributed by atoms with Gasteiger partial charge in [0.05, 0.1) is 0 Å². The Hall–Kier alpha value is -0.440. The summed E-state index contributed by atoms with van der Waals surface area (Å²) in [7, 11) is 0. The highest BCUT2D eigenvalue weighted by atomic mass is 32.2. The van der Waals surface area contributed by atoms with Crippen LogP contribution in [0, 0.1) is 0 Å². The molecule has 12 heavy (non-hydrogen) atoms. The maximum Gasteiger partial charge on any atom is 0.0484 e. The normalized spacial score (nSPS) is 20.7.